The smallest absolute Gasteiger partial charge is 0.251 e. The van der Waals surface area contributed by atoms with Crippen molar-refractivity contribution in [1.82, 2.24) is 20.4 Å². The number of anilines is 1. The van der Waals surface area contributed by atoms with E-state index in [-0.39, 0.29) is 47.8 Å². The third-order valence-electron chi connectivity index (χ3n) is 7.33. The lowest BCUT2D eigenvalue weighted by atomic mass is 10.0. The van der Waals surface area contributed by atoms with Gasteiger partial charge in [-0.25, -0.2) is 0 Å². The number of carbonyl (C=O) groups excluding carboxylic acids is 5. The van der Waals surface area contributed by atoms with Crippen LogP contribution in [0.2, 0.25) is 0 Å². The summed E-state index contributed by atoms with van der Waals surface area (Å²) in [5, 5.41) is 5.63. The minimum absolute atomic E-state index is 0.0917. The number of rotatable bonds is 10. The Labute approximate surface area is 231 Å². The molecule has 0 bridgehead atoms. The lowest BCUT2D eigenvalue weighted by molar-refractivity contribution is -0.138. The van der Waals surface area contributed by atoms with Crippen LogP contribution in [0.1, 0.15) is 64.2 Å². The van der Waals surface area contributed by atoms with Gasteiger partial charge in [-0.2, -0.15) is 0 Å². The van der Waals surface area contributed by atoms with Crippen molar-refractivity contribution >= 4 is 35.1 Å². The van der Waals surface area contributed by atoms with Crippen molar-refractivity contribution in [2.45, 2.75) is 78.0 Å². The summed E-state index contributed by atoms with van der Waals surface area (Å²) in [4.78, 5) is 70.2. The zero-order chi connectivity index (χ0) is 29.0. The number of ketones is 1. The molecule has 2 N–H and O–H groups in total. The second-order valence-corrected chi connectivity index (χ2v) is 11.7. The Bertz CT molecular complexity index is 1080. The van der Waals surface area contributed by atoms with Gasteiger partial charge in [-0.05, 0) is 55.4 Å². The Morgan fingerprint density at radius 1 is 0.897 bits per heavy atom. The molecule has 4 atom stereocenters. The first-order chi connectivity index (χ1) is 18.3. The monoisotopic (exact) mass is 541 g/mol. The minimum Gasteiger partial charge on any atom is -0.378 e. The fourth-order valence-electron chi connectivity index (χ4n) is 5.54. The molecular formula is C29H43N5O5. The van der Waals surface area contributed by atoms with E-state index in [4.69, 9.17) is 0 Å². The van der Waals surface area contributed by atoms with E-state index in [9.17, 15) is 24.0 Å². The van der Waals surface area contributed by atoms with Gasteiger partial charge in [0.1, 0.15) is 18.1 Å². The average Bonchev–Trinajstić information content (AvgIpc) is 3.42. The zero-order valence-corrected chi connectivity index (χ0v) is 24.2. The number of likely N-dealkylation sites (tertiary alicyclic amines) is 2. The van der Waals surface area contributed by atoms with Crippen LogP contribution in [-0.2, 0) is 19.2 Å². The van der Waals surface area contributed by atoms with Crippen molar-refractivity contribution in [2.75, 3.05) is 32.1 Å². The molecule has 1 aromatic rings. The Balaban J connectivity index is 1.77. The highest BCUT2D eigenvalue weighted by molar-refractivity contribution is 6.01. The first kappa shape index (κ1) is 30.1. The van der Waals surface area contributed by atoms with Crippen molar-refractivity contribution in [3.8, 4) is 0 Å². The van der Waals surface area contributed by atoms with Crippen LogP contribution in [0.3, 0.4) is 0 Å². The van der Waals surface area contributed by atoms with Gasteiger partial charge < -0.3 is 25.3 Å². The molecule has 1 aromatic carbocycles. The van der Waals surface area contributed by atoms with E-state index in [1.165, 1.54) is 11.8 Å². The molecule has 2 saturated heterocycles. The fourth-order valence-corrected chi connectivity index (χ4v) is 5.54. The van der Waals surface area contributed by atoms with Gasteiger partial charge >= 0.3 is 0 Å². The summed E-state index contributed by atoms with van der Waals surface area (Å²) in [6.45, 7) is 9.48. The predicted octanol–water partition coefficient (Wildman–Crippen LogP) is 1.83. The highest BCUT2D eigenvalue weighted by Gasteiger charge is 2.53. The number of Topliss-reactive ketones (excluding diaryl/α,β-unsaturated/α-hetero) is 1. The van der Waals surface area contributed by atoms with E-state index < -0.39 is 24.2 Å². The van der Waals surface area contributed by atoms with Gasteiger partial charge in [0.05, 0.1) is 12.6 Å². The fraction of sp³-hybridized carbons (Fsp3) is 0.621. The van der Waals surface area contributed by atoms with E-state index in [0.29, 0.717) is 31.4 Å². The lowest BCUT2D eigenvalue weighted by Gasteiger charge is -2.30. The molecule has 2 aliphatic heterocycles. The number of nitrogens with one attached hydrogen (secondary N) is 2. The Morgan fingerprint density at radius 3 is 1.95 bits per heavy atom. The number of carbonyl (C=O) groups is 5. The summed E-state index contributed by atoms with van der Waals surface area (Å²) in [5.41, 5.74) is 1.40. The molecule has 2 unspecified atom stereocenters. The van der Waals surface area contributed by atoms with Gasteiger partial charge in [0.2, 0.25) is 17.7 Å². The van der Waals surface area contributed by atoms with Crippen LogP contribution in [0, 0.1) is 11.8 Å². The molecule has 4 amide bonds. The molecule has 2 heterocycles. The van der Waals surface area contributed by atoms with E-state index >= 15 is 0 Å². The topological polar surface area (TPSA) is 119 Å². The van der Waals surface area contributed by atoms with Gasteiger partial charge in [0, 0.05) is 38.8 Å². The van der Waals surface area contributed by atoms with Gasteiger partial charge in [-0.15, -0.1) is 0 Å². The van der Waals surface area contributed by atoms with Gasteiger partial charge in [-0.3, -0.25) is 24.0 Å². The quantitative estimate of drug-likeness (QED) is 0.467. The molecule has 214 valence electrons. The van der Waals surface area contributed by atoms with Crippen molar-refractivity contribution < 1.29 is 24.0 Å². The first-order valence-electron chi connectivity index (χ1n) is 13.8. The summed E-state index contributed by atoms with van der Waals surface area (Å²) in [6.07, 6.45) is 1.35. The Kier molecular flexibility index (Phi) is 9.74. The molecule has 10 heteroatoms. The largest absolute Gasteiger partial charge is 0.378 e. The molecule has 0 aromatic heterocycles. The van der Waals surface area contributed by atoms with Crippen molar-refractivity contribution in [2.24, 2.45) is 11.8 Å². The van der Waals surface area contributed by atoms with Crippen molar-refractivity contribution in [3.05, 3.63) is 29.8 Å². The van der Waals surface area contributed by atoms with Crippen LogP contribution < -0.4 is 15.5 Å². The molecule has 2 aliphatic rings. The minimum atomic E-state index is -0.796. The van der Waals surface area contributed by atoms with E-state index in [2.05, 4.69) is 10.6 Å². The zero-order valence-electron chi connectivity index (χ0n) is 24.2. The third kappa shape index (κ3) is 7.16. The van der Waals surface area contributed by atoms with Crippen LogP contribution >= 0.6 is 0 Å². The molecule has 10 nitrogen and oxygen atoms in total. The molecule has 0 aliphatic carbocycles. The first-order valence-corrected chi connectivity index (χ1v) is 13.8. The SMILES string of the molecule is CC(=O)N[C@@H](CC(C)C)C(=O)N1CC(=O)C2C1CCN2C(=O)[C@H](CC(C)C)NC(=O)c1ccc(N(C)C)cc1. The predicted molar refractivity (Wildman–Crippen MR) is 149 cm³/mol. The highest BCUT2D eigenvalue weighted by atomic mass is 16.2. The maximum absolute atomic E-state index is 13.8. The number of benzene rings is 1. The number of hydrogen-bond donors (Lipinski definition) is 2. The third-order valence-corrected chi connectivity index (χ3v) is 7.33. The summed E-state index contributed by atoms with van der Waals surface area (Å²) >= 11 is 0. The highest BCUT2D eigenvalue weighted by Crippen LogP contribution is 2.31. The van der Waals surface area contributed by atoms with Crippen LogP contribution in [0.4, 0.5) is 5.69 Å². The van der Waals surface area contributed by atoms with Crippen LogP contribution in [0.25, 0.3) is 0 Å². The molecule has 3 rings (SSSR count). The second-order valence-electron chi connectivity index (χ2n) is 11.7. The van der Waals surface area contributed by atoms with E-state index in [1.807, 2.05) is 58.8 Å². The summed E-state index contributed by atoms with van der Waals surface area (Å²) in [6, 6.07) is 4.43. The molecule has 0 saturated carbocycles. The lowest BCUT2D eigenvalue weighted by Crippen LogP contribution is -2.53. The molecular weight excluding hydrogens is 498 g/mol. The Morgan fingerprint density at radius 2 is 1.44 bits per heavy atom. The summed E-state index contributed by atoms with van der Waals surface area (Å²) in [5.74, 6) is -1.15. The average molecular weight is 542 g/mol. The molecule has 39 heavy (non-hydrogen) atoms. The summed E-state index contributed by atoms with van der Waals surface area (Å²) in [7, 11) is 3.83. The number of fused-ring (bicyclic) bond motifs is 1. The van der Waals surface area contributed by atoms with Gasteiger partial charge in [0.15, 0.2) is 5.78 Å². The van der Waals surface area contributed by atoms with Crippen LogP contribution in [-0.4, -0.2) is 90.6 Å². The number of hydrogen-bond acceptors (Lipinski definition) is 6. The van der Waals surface area contributed by atoms with Crippen LogP contribution in [0.15, 0.2) is 24.3 Å². The van der Waals surface area contributed by atoms with Gasteiger partial charge in [0.25, 0.3) is 5.91 Å². The van der Waals surface area contributed by atoms with Crippen LogP contribution in [0.5, 0.6) is 0 Å². The number of amides is 4. The normalized spacial score (nSPS) is 20.2. The maximum atomic E-state index is 13.8. The van der Waals surface area contributed by atoms with Crippen molar-refractivity contribution in [1.29, 1.82) is 0 Å². The van der Waals surface area contributed by atoms with E-state index in [1.54, 1.807) is 17.0 Å². The second kappa shape index (κ2) is 12.6. The van der Waals surface area contributed by atoms with Gasteiger partial charge in [-0.1, -0.05) is 27.7 Å². The van der Waals surface area contributed by atoms with E-state index in [0.717, 1.165) is 5.69 Å². The summed E-state index contributed by atoms with van der Waals surface area (Å²) < 4.78 is 0. The molecule has 0 radical (unpaired) electrons. The maximum Gasteiger partial charge on any atom is 0.251 e. The number of nitrogens with zero attached hydrogens (tertiary/aromatic N) is 3. The molecule has 0 spiro atoms. The molecule has 2 fully saturated rings. The van der Waals surface area contributed by atoms with Crippen molar-refractivity contribution in [3.63, 3.8) is 0 Å². The Hall–Kier alpha value is -3.43. The standard InChI is InChI=1S/C29H43N5O5/c1-17(2)14-22(30-19(5)35)29(39)34-16-25(36)26-24(34)12-13-33(26)28(38)23(15-18(3)4)31-27(37)20-8-10-21(11-9-20)32(6)7/h8-11,17-18,22-24,26H,12-16H2,1-7H3,(H,30,35)(H,31,37)/t22-,23-,24?,26?/m0/s1.